The Morgan fingerprint density at radius 2 is 1.95 bits per heavy atom. The fourth-order valence-corrected chi connectivity index (χ4v) is 3.72. The van der Waals surface area contributed by atoms with Crippen molar-refractivity contribution in [2.75, 3.05) is 32.8 Å². The van der Waals surface area contributed by atoms with Crippen molar-refractivity contribution in [1.82, 2.24) is 9.47 Å². The summed E-state index contributed by atoms with van der Waals surface area (Å²) in [6.07, 6.45) is 0. The average Bonchev–Trinajstić information content (AvgIpc) is 2.72. The number of halogens is 2. The number of morpholine rings is 1. The molecule has 2 heterocycles. The second-order valence-corrected chi connectivity index (χ2v) is 6.80. The molecule has 1 fully saturated rings. The molecule has 2 aromatic rings. The van der Waals surface area contributed by atoms with Gasteiger partial charge in [-0.15, -0.1) is 0 Å². The number of benzene rings is 1. The van der Waals surface area contributed by atoms with Crippen LogP contribution >= 0.6 is 38.5 Å². The molecule has 0 atom stereocenters. The lowest BCUT2D eigenvalue weighted by Crippen LogP contribution is -2.38. The molecular formula is C14H16BrIN2O. The maximum atomic E-state index is 5.39. The van der Waals surface area contributed by atoms with Crippen molar-refractivity contribution in [3.05, 3.63) is 32.4 Å². The van der Waals surface area contributed by atoms with Crippen LogP contribution in [0.5, 0.6) is 0 Å². The molecule has 1 aromatic heterocycles. The quantitative estimate of drug-likeness (QED) is 0.689. The zero-order valence-electron chi connectivity index (χ0n) is 10.6. The van der Waals surface area contributed by atoms with Crippen LogP contribution in [-0.4, -0.2) is 42.3 Å². The molecule has 1 aliphatic heterocycles. The highest BCUT2D eigenvalue weighted by Gasteiger charge is 2.12. The monoisotopic (exact) mass is 434 g/mol. The summed E-state index contributed by atoms with van der Waals surface area (Å²) in [5.41, 5.74) is 1.32. The molecule has 1 aromatic carbocycles. The summed E-state index contributed by atoms with van der Waals surface area (Å²) >= 11 is 5.96. The third-order valence-electron chi connectivity index (χ3n) is 3.56. The summed E-state index contributed by atoms with van der Waals surface area (Å²) in [6, 6.07) is 8.74. The van der Waals surface area contributed by atoms with Crippen molar-refractivity contribution < 1.29 is 4.74 Å². The zero-order chi connectivity index (χ0) is 13.2. The number of nitrogens with zero attached hydrogens (tertiary/aromatic N) is 2. The summed E-state index contributed by atoms with van der Waals surface area (Å²) in [5.74, 6) is 0. The van der Waals surface area contributed by atoms with Gasteiger partial charge >= 0.3 is 0 Å². The largest absolute Gasteiger partial charge is 0.379 e. The van der Waals surface area contributed by atoms with Gasteiger partial charge in [-0.2, -0.15) is 0 Å². The molecule has 0 amide bonds. The lowest BCUT2D eigenvalue weighted by atomic mass is 10.2. The zero-order valence-corrected chi connectivity index (χ0v) is 14.4. The molecule has 3 nitrogen and oxygen atoms in total. The van der Waals surface area contributed by atoms with E-state index in [1.54, 1.807) is 0 Å². The second kappa shape index (κ2) is 6.11. The molecule has 1 aliphatic rings. The Kier molecular flexibility index (Phi) is 4.46. The molecule has 0 aliphatic carbocycles. The average molecular weight is 435 g/mol. The molecule has 0 saturated carbocycles. The lowest BCUT2D eigenvalue weighted by molar-refractivity contribution is 0.0364. The Balaban J connectivity index is 1.78. The minimum absolute atomic E-state index is 0.871. The summed E-state index contributed by atoms with van der Waals surface area (Å²) in [7, 11) is 0. The number of rotatable bonds is 3. The van der Waals surface area contributed by atoms with Crippen molar-refractivity contribution in [2.45, 2.75) is 6.54 Å². The first-order chi connectivity index (χ1) is 9.24. The Bertz CT molecular complexity index is 578. The van der Waals surface area contributed by atoms with E-state index in [0.29, 0.717) is 0 Å². The van der Waals surface area contributed by atoms with Crippen LogP contribution in [-0.2, 0) is 11.3 Å². The highest BCUT2D eigenvalue weighted by atomic mass is 127. The third-order valence-corrected chi connectivity index (χ3v) is 4.94. The van der Waals surface area contributed by atoms with Crippen LogP contribution in [0.4, 0.5) is 0 Å². The van der Waals surface area contributed by atoms with Crippen LogP contribution in [0.1, 0.15) is 0 Å². The lowest BCUT2D eigenvalue weighted by Gasteiger charge is -2.26. The van der Waals surface area contributed by atoms with E-state index < -0.39 is 0 Å². The van der Waals surface area contributed by atoms with E-state index in [1.807, 2.05) is 0 Å². The standard InChI is InChI=1S/C14H16BrIN2O/c15-12-1-2-13-11(9-12)10-14(16)18(13)4-3-17-5-7-19-8-6-17/h1-2,9-10H,3-8H2. The van der Waals surface area contributed by atoms with Gasteiger partial charge in [0.2, 0.25) is 0 Å². The SMILES string of the molecule is Brc1ccc2c(c1)cc(I)n2CCN1CCOCC1. The van der Waals surface area contributed by atoms with Gasteiger partial charge in [0, 0.05) is 41.6 Å². The van der Waals surface area contributed by atoms with E-state index in [1.165, 1.54) is 14.6 Å². The first-order valence-electron chi connectivity index (χ1n) is 6.48. The third kappa shape index (κ3) is 3.15. The van der Waals surface area contributed by atoms with Gasteiger partial charge in [-0.25, -0.2) is 0 Å². The van der Waals surface area contributed by atoms with Gasteiger partial charge in [0.15, 0.2) is 0 Å². The first kappa shape index (κ1) is 13.9. The number of hydrogen-bond acceptors (Lipinski definition) is 2. The Labute approximate surface area is 135 Å². The smallest absolute Gasteiger partial charge is 0.0809 e. The van der Waals surface area contributed by atoms with Crippen LogP contribution in [0.15, 0.2) is 28.7 Å². The van der Waals surface area contributed by atoms with E-state index in [4.69, 9.17) is 4.74 Å². The fourth-order valence-electron chi connectivity index (χ4n) is 2.50. The van der Waals surface area contributed by atoms with Crippen molar-refractivity contribution in [3.63, 3.8) is 0 Å². The van der Waals surface area contributed by atoms with Crippen LogP contribution in [0.2, 0.25) is 0 Å². The molecule has 0 radical (unpaired) electrons. The summed E-state index contributed by atoms with van der Waals surface area (Å²) < 4.78 is 10.2. The predicted octanol–water partition coefficient (Wildman–Crippen LogP) is 3.34. The van der Waals surface area contributed by atoms with E-state index >= 15 is 0 Å². The fraction of sp³-hybridized carbons (Fsp3) is 0.429. The molecule has 0 bridgehead atoms. The molecule has 102 valence electrons. The van der Waals surface area contributed by atoms with Gasteiger partial charge in [-0.3, -0.25) is 4.90 Å². The first-order valence-corrected chi connectivity index (χ1v) is 8.35. The molecule has 3 rings (SSSR count). The number of aromatic nitrogens is 1. The number of fused-ring (bicyclic) bond motifs is 1. The molecule has 5 heteroatoms. The van der Waals surface area contributed by atoms with E-state index in [0.717, 1.165) is 43.9 Å². The minimum atomic E-state index is 0.871. The topological polar surface area (TPSA) is 17.4 Å². The van der Waals surface area contributed by atoms with Crippen molar-refractivity contribution in [1.29, 1.82) is 0 Å². The van der Waals surface area contributed by atoms with Crippen molar-refractivity contribution in [2.24, 2.45) is 0 Å². The minimum Gasteiger partial charge on any atom is -0.379 e. The summed E-state index contributed by atoms with van der Waals surface area (Å²) in [6.45, 7) is 6.00. The Hall–Kier alpha value is -0.110. The van der Waals surface area contributed by atoms with Gasteiger partial charge in [0.1, 0.15) is 0 Å². The maximum Gasteiger partial charge on any atom is 0.0809 e. The van der Waals surface area contributed by atoms with Crippen molar-refractivity contribution >= 4 is 49.4 Å². The molecule has 1 saturated heterocycles. The highest BCUT2D eigenvalue weighted by Crippen LogP contribution is 2.24. The number of ether oxygens (including phenoxy) is 1. The molecule has 0 N–H and O–H groups in total. The summed E-state index contributed by atoms with van der Waals surface area (Å²) in [4.78, 5) is 2.48. The van der Waals surface area contributed by atoms with Crippen LogP contribution in [0, 0.1) is 3.70 Å². The van der Waals surface area contributed by atoms with Gasteiger partial charge in [0.05, 0.1) is 16.9 Å². The highest BCUT2D eigenvalue weighted by molar-refractivity contribution is 14.1. The van der Waals surface area contributed by atoms with E-state index in [-0.39, 0.29) is 0 Å². The van der Waals surface area contributed by atoms with E-state index in [2.05, 4.69) is 72.3 Å². The van der Waals surface area contributed by atoms with Gasteiger partial charge in [-0.05, 0) is 46.9 Å². The normalized spacial score (nSPS) is 17.2. The van der Waals surface area contributed by atoms with E-state index in [9.17, 15) is 0 Å². The Morgan fingerprint density at radius 3 is 2.74 bits per heavy atom. The van der Waals surface area contributed by atoms with Gasteiger partial charge < -0.3 is 9.30 Å². The second-order valence-electron chi connectivity index (χ2n) is 4.78. The van der Waals surface area contributed by atoms with Gasteiger partial charge in [0.25, 0.3) is 0 Å². The van der Waals surface area contributed by atoms with Crippen LogP contribution in [0.25, 0.3) is 10.9 Å². The number of hydrogen-bond donors (Lipinski definition) is 0. The van der Waals surface area contributed by atoms with Crippen LogP contribution < -0.4 is 0 Å². The molecule has 19 heavy (non-hydrogen) atoms. The van der Waals surface area contributed by atoms with Crippen molar-refractivity contribution in [3.8, 4) is 0 Å². The predicted molar refractivity (Wildman–Crippen MR) is 89.6 cm³/mol. The van der Waals surface area contributed by atoms with Crippen LogP contribution in [0.3, 0.4) is 0 Å². The molecule has 0 spiro atoms. The van der Waals surface area contributed by atoms with Gasteiger partial charge in [-0.1, -0.05) is 15.9 Å². The molecular weight excluding hydrogens is 419 g/mol. The summed E-state index contributed by atoms with van der Waals surface area (Å²) in [5, 5.41) is 1.31. The molecule has 0 unspecified atom stereocenters. The Morgan fingerprint density at radius 1 is 1.16 bits per heavy atom. The maximum absolute atomic E-state index is 5.39.